The van der Waals surface area contributed by atoms with Gasteiger partial charge in [0, 0.05) is 18.4 Å². The van der Waals surface area contributed by atoms with Gasteiger partial charge in [-0.25, -0.2) is 0 Å². The van der Waals surface area contributed by atoms with Crippen molar-refractivity contribution < 1.29 is 9.22 Å². The minimum absolute atomic E-state index is 0.0229. The Morgan fingerprint density at radius 2 is 1.76 bits per heavy atom. The summed E-state index contributed by atoms with van der Waals surface area (Å²) in [6.45, 7) is 11.4. The molecule has 0 aromatic heterocycles. The molecule has 0 saturated heterocycles. The zero-order valence-corrected chi connectivity index (χ0v) is 15.0. The van der Waals surface area contributed by atoms with E-state index in [4.69, 9.17) is 4.43 Å². The van der Waals surface area contributed by atoms with E-state index in [-0.39, 0.29) is 17.1 Å². The van der Waals surface area contributed by atoms with Crippen molar-refractivity contribution in [1.29, 1.82) is 0 Å². The maximum absolute atomic E-state index is 12.3. The van der Waals surface area contributed by atoms with Gasteiger partial charge in [0.1, 0.15) is 5.78 Å². The fraction of sp³-hybridized carbons (Fsp3) is 0.611. The molecule has 21 heavy (non-hydrogen) atoms. The molecule has 1 aliphatic carbocycles. The first-order chi connectivity index (χ1) is 9.71. The van der Waals surface area contributed by atoms with Crippen LogP contribution in [0, 0.1) is 0 Å². The molecule has 2 nitrogen and oxygen atoms in total. The van der Waals surface area contributed by atoms with Crippen LogP contribution in [-0.2, 0) is 9.22 Å². The normalized spacial score (nSPS) is 24.1. The third-order valence-electron chi connectivity index (χ3n) is 5.07. The summed E-state index contributed by atoms with van der Waals surface area (Å²) in [7, 11) is -1.76. The molecule has 0 heterocycles. The van der Waals surface area contributed by atoms with Crippen LogP contribution in [0.5, 0.6) is 0 Å². The van der Waals surface area contributed by atoms with Crippen LogP contribution >= 0.6 is 0 Å². The maximum atomic E-state index is 12.3. The number of hydrogen-bond acceptors (Lipinski definition) is 2. The molecule has 0 bridgehead atoms. The topological polar surface area (TPSA) is 26.3 Å². The van der Waals surface area contributed by atoms with Gasteiger partial charge in [-0.1, -0.05) is 51.1 Å². The fourth-order valence-electron chi connectivity index (χ4n) is 2.70. The number of Topliss-reactive ketones (excluding diaryl/α,β-unsaturated/α-hetero) is 1. The average Bonchev–Trinajstić information content (AvgIpc) is 2.40. The van der Waals surface area contributed by atoms with Gasteiger partial charge in [-0.2, -0.15) is 0 Å². The van der Waals surface area contributed by atoms with Gasteiger partial charge in [-0.3, -0.25) is 4.79 Å². The number of rotatable bonds is 3. The van der Waals surface area contributed by atoms with Crippen molar-refractivity contribution in [3.05, 3.63) is 35.9 Å². The van der Waals surface area contributed by atoms with E-state index in [0.29, 0.717) is 12.2 Å². The van der Waals surface area contributed by atoms with E-state index in [2.05, 4.69) is 46.0 Å². The summed E-state index contributed by atoms with van der Waals surface area (Å²) < 4.78 is 6.53. The molecule has 116 valence electrons. The molecule has 2 atom stereocenters. The molecule has 0 N–H and O–H groups in total. The van der Waals surface area contributed by atoms with Crippen LogP contribution in [0.1, 0.15) is 51.5 Å². The second-order valence-electron chi connectivity index (χ2n) is 7.70. The first kappa shape index (κ1) is 16.4. The Kier molecular flexibility index (Phi) is 4.74. The minimum Gasteiger partial charge on any atom is -0.414 e. The Balaban J connectivity index is 2.10. The van der Waals surface area contributed by atoms with Crippen molar-refractivity contribution in [2.45, 2.75) is 70.2 Å². The van der Waals surface area contributed by atoms with Crippen LogP contribution in [-0.4, -0.2) is 20.2 Å². The molecular formula is C18H28O2Si. The quantitative estimate of drug-likeness (QED) is 0.741. The van der Waals surface area contributed by atoms with E-state index in [1.54, 1.807) is 0 Å². The number of carbonyl (C=O) groups is 1. The highest BCUT2D eigenvalue weighted by atomic mass is 28.4. The maximum Gasteiger partial charge on any atom is 0.192 e. The first-order valence-electron chi connectivity index (χ1n) is 7.96. The molecule has 1 saturated carbocycles. The van der Waals surface area contributed by atoms with Gasteiger partial charge in [0.15, 0.2) is 8.32 Å². The molecule has 0 spiro atoms. The third kappa shape index (κ3) is 3.83. The highest BCUT2D eigenvalue weighted by Gasteiger charge is 2.41. The van der Waals surface area contributed by atoms with Gasteiger partial charge >= 0.3 is 0 Å². The van der Waals surface area contributed by atoms with Gasteiger partial charge in [0.05, 0.1) is 0 Å². The average molecular weight is 305 g/mol. The molecular weight excluding hydrogens is 276 g/mol. The minimum atomic E-state index is -1.76. The summed E-state index contributed by atoms with van der Waals surface area (Å²) in [5.74, 6) is 0.394. The molecule has 2 rings (SSSR count). The van der Waals surface area contributed by atoms with Crippen LogP contribution in [0.4, 0.5) is 0 Å². The smallest absolute Gasteiger partial charge is 0.192 e. The van der Waals surface area contributed by atoms with Crippen molar-refractivity contribution >= 4 is 14.1 Å². The lowest BCUT2D eigenvalue weighted by atomic mass is 9.81. The molecule has 0 radical (unpaired) electrons. The van der Waals surface area contributed by atoms with Crippen molar-refractivity contribution in [2.24, 2.45) is 0 Å². The Bertz CT molecular complexity index is 488. The first-order valence-corrected chi connectivity index (χ1v) is 10.9. The molecule has 0 unspecified atom stereocenters. The van der Waals surface area contributed by atoms with Gasteiger partial charge in [0.2, 0.25) is 0 Å². The van der Waals surface area contributed by atoms with E-state index in [1.165, 1.54) is 0 Å². The summed E-state index contributed by atoms with van der Waals surface area (Å²) in [6, 6.07) is 10.2. The monoisotopic (exact) mass is 304 g/mol. The van der Waals surface area contributed by atoms with Crippen LogP contribution in [0.25, 0.3) is 0 Å². The summed E-state index contributed by atoms with van der Waals surface area (Å²) in [6.07, 6.45) is 2.61. The van der Waals surface area contributed by atoms with Gasteiger partial charge in [0.25, 0.3) is 0 Å². The molecule has 1 aromatic rings. The fourth-order valence-corrected chi connectivity index (χ4v) is 4.10. The van der Waals surface area contributed by atoms with E-state index < -0.39 is 8.32 Å². The molecule has 1 aliphatic rings. The molecule has 0 amide bonds. The van der Waals surface area contributed by atoms with E-state index in [0.717, 1.165) is 18.4 Å². The third-order valence-corrected chi connectivity index (χ3v) is 9.60. The number of ketones is 1. The predicted molar refractivity (Wildman–Crippen MR) is 90.1 cm³/mol. The zero-order chi connectivity index (χ0) is 15.7. The van der Waals surface area contributed by atoms with Crippen LogP contribution in [0.2, 0.25) is 18.1 Å². The second kappa shape index (κ2) is 6.05. The number of benzene rings is 1. The molecule has 1 fully saturated rings. The lowest BCUT2D eigenvalue weighted by Gasteiger charge is -2.41. The molecule has 3 heteroatoms. The van der Waals surface area contributed by atoms with Crippen LogP contribution in [0.15, 0.2) is 30.3 Å². The van der Waals surface area contributed by atoms with E-state index in [1.807, 2.05) is 18.2 Å². The summed E-state index contributed by atoms with van der Waals surface area (Å²) in [5.41, 5.74) is 1.14. The SMILES string of the molecule is CC(C)(C)[Si](C)(C)O[C@H]1CCC(=O)[C@H](c2ccccc2)C1. The second-order valence-corrected chi connectivity index (χ2v) is 12.5. The summed E-state index contributed by atoms with van der Waals surface area (Å²) in [4.78, 5) is 12.3. The van der Waals surface area contributed by atoms with Crippen LogP contribution < -0.4 is 0 Å². The van der Waals surface area contributed by atoms with Crippen molar-refractivity contribution in [3.63, 3.8) is 0 Å². The Morgan fingerprint density at radius 1 is 1.14 bits per heavy atom. The largest absolute Gasteiger partial charge is 0.414 e. The van der Waals surface area contributed by atoms with Gasteiger partial charge in [-0.15, -0.1) is 0 Å². The van der Waals surface area contributed by atoms with Crippen LogP contribution in [0.3, 0.4) is 0 Å². The summed E-state index contributed by atoms with van der Waals surface area (Å²) >= 11 is 0. The van der Waals surface area contributed by atoms with Crippen molar-refractivity contribution in [1.82, 2.24) is 0 Å². The highest BCUT2D eigenvalue weighted by Crippen LogP contribution is 2.40. The molecule has 1 aromatic carbocycles. The standard InChI is InChI=1S/C18H28O2Si/c1-18(2,3)21(4,5)20-15-11-12-17(19)16(13-15)14-9-7-6-8-10-14/h6-10,15-16H,11-13H2,1-5H3/t15-,16-/m0/s1. The Morgan fingerprint density at radius 3 is 2.33 bits per heavy atom. The lowest BCUT2D eigenvalue weighted by molar-refractivity contribution is -0.123. The van der Waals surface area contributed by atoms with E-state index >= 15 is 0 Å². The summed E-state index contributed by atoms with van der Waals surface area (Å²) in [5, 5.41) is 0.219. The highest BCUT2D eigenvalue weighted by molar-refractivity contribution is 6.74. The van der Waals surface area contributed by atoms with Gasteiger partial charge < -0.3 is 4.43 Å². The van der Waals surface area contributed by atoms with Crippen molar-refractivity contribution in [2.75, 3.05) is 0 Å². The Labute approximate surface area is 130 Å². The number of carbonyl (C=O) groups excluding carboxylic acids is 1. The van der Waals surface area contributed by atoms with Crippen molar-refractivity contribution in [3.8, 4) is 0 Å². The zero-order valence-electron chi connectivity index (χ0n) is 14.0. The number of hydrogen-bond donors (Lipinski definition) is 0. The van der Waals surface area contributed by atoms with Gasteiger partial charge in [-0.05, 0) is 36.5 Å². The lowest BCUT2D eigenvalue weighted by Crippen LogP contribution is -2.45. The predicted octanol–water partition coefficient (Wildman–Crippen LogP) is 4.91. The molecule has 0 aliphatic heterocycles. The van der Waals surface area contributed by atoms with E-state index in [9.17, 15) is 4.79 Å². The Hall–Kier alpha value is -0.933.